The number of carbonyl (C=O) groups is 5. The number of ether oxygens (including phenoxy) is 2. The zero-order chi connectivity index (χ0) is 62.5. The van der Waals surface area contributed by atoms with Crippen molar-refractivity contribution in [2.45, 2.75) is 107 Å². The van der Waals surface area contributed by atoms with Gasteiger partial charge in [-0.3, -0.25) is 33.9 Å². The van der Waals surface area contributed by atoms with Gasteiger partial charge in [-0.1, -0.05) is 62.8 Å². The number of carbonyl (C=O) groups excluding carboxylic acids is 5. The van der Waals surface area contributed by atoms with Crippen LogP contribution in [0.25, 0.3) is 0 Å². The maximum absolute atomic E-state index is 13.7. The lowest BCUT2D eigenvalue weighted by Gasteiger charge is -2.72. The molecule has 6 fully saturated rings. The molecule has 89 heavy (non-hydrogen) atoms. The van der Waals surface area contributed by atoms with Gasteiger partial charge in [0.2, 0.25) is 5.91 Å². The number of anilines is 3. The van der Waals surface area contributed by atoms with E-state index in [-0.39, 0.29) is 33.7 Å². The van der Waals surface area contributed by atoms with Gasteiger partial charge >= 0.3 is 6.03 Å². The molecule has 4 aromatic carbocycles. The number of aryl methyl sites for hydroxylation is 1. The number of nitrogens with zero attached hydrogens (tertiary/aromatic N) is 5. The van der Waals surface area contributed by atoms with E-state index in [2.05, 4.69) is 80.2 Å². The topological polar surface area (TPSA) is 214 Å². The average Bonchev–Trinajstić information content (AvgIpc) is 0.800. The van der Waals surface area contributed by atoms with Crippen LogP contribution in [0.2, 0.25) is 0 Å². The summed E-state index contributed by atoms with van der Waals surface area (Å²) in [5, 5.41) is 12.5. The van der Waals surface area contributed by atoms with Crippen LogP contribution in [0, 0.1) is 23.2 Å². The number of piperazine rings is 2. The van der Waals surface area contributed by atoms with Crippen molar-refractivity contribution in [3.8, 4) is 0 Å². The Morgan fingerprint density at radius 3 is 2.19 bits per heavy atom. The van der Waals surface area contributed by atoms with Gasteiger partial charge in [0.1, 0.15) is 6.04 Å². The largest absolute Gasteiger partial charge is 0.382 e. The van der Waals surface area contributed by atoms with Crippen LogP contribution in [0.1, 0.15) is 115 Å². The van der Waals surface area contributed by atoms with Gasteiger partial charge < -0.3 is 40.5 Å². The third-order valence-electron chi connectivity index (χ3n) is 19.2. The smallest absolute Gasteiger partial charge is 0.317 e. The second kappa shape index (κ2) is 27.4. The molecule has 8 aliphatic rings. The van der Waals surface area contributed by atoms with E-state index in [1.807, 2.05) is 42.2 Å². The minimum atomic E-state index is -4.18. The van der Waals surface area contributed by atoms with Crippen LogP contribution in [0.5, 0.6) is 0 Å². The van der Waals surface area contributed by atoms with Crippen molar-refractivity contribution in [3.05, 3.63) is 137 Å². The molecule has 19 nitrogen and oxygen atoms in total. The number of thioether (sulfide) groups is 1. The van der Waals surface area contributed by atoms with E-state index in [1.54, 1.807) is 71.4 Å². The number of imide groups is 1. The van der Waals surface area contributed by atoms with Gasteiger partial charge in [-0.25, -0.2) is 17.9 Å². The zero-order valence-electron chi connectivity index (χ0n) is 52.1. The van der Waals surface area contributed by atoms with Crippen LogP contribution >= 0.6 is 11.8 Å². The molecular formula is C68H88N10O9S2. The Hall–Kier alpha value is -6.75. The maximum atomic E-state index is 13.7. The maximum Gasteiger partial charge on any atom is 0.317 e. The molecule has 4 aromatic rings. The molecule has 0 aromatic heterocycles. The van der Waals surface area contributed by atoms with Crippen molar-refractivity contribution in [1.82, 2.24) is 35.0 Å². The number of rotatable bonds is 26. The lowest BCUT2D eigenvalue weighted by atomic mass is 9.33. The quantitative estimate of drug-likeness (QED) is 0.0172. The first-order chi connectivity index (χ1) is 42.7. The Morgan fingerprint density at radius 2 is 1.49 bits per heavy atom. The number of benzene rings is 4. The zero-order valence-corrected chi connectivity index (χ0v) is 53.8. The van der Waals surface area contributed by atoms with E-state index in [0.717, 1.165) is 91.3 Å². The summed E-state index contributed by atoms with van der Waals surface area (Å²) in [7, 11) is -4.18. The van der Waals surface area contributed by atoms with Gasteiger partial charge in [0.15, 0.2) is 0 Å². The number of piperidine rings is 1. The van der Waals surface area contributed by atoms with Crippen LogP contribution in [-0.2, 0) is 24.3 Å². The highest BCUT2D eigenvalue weighted by atomic mass is 32.2. The van der Waals surface area contributed by atoms with E-state index < -0.39 is 39.7 Å². The third-order valence-corrected chi connectivity index (χ3v) is 21.7. The Morgan fingerprint density at radius 1 is 0.787 bits per heavy atom. The monoisotopic (exact) mass is 1250 g/mol. The lowest BCUT2D eigenvalue weighted by Crippen LogP contribution is -2.61. The first-order valence-corrected chi connectivity index (χ1v) is 34.3. The highest BCUT2D eigenvalue weighted by molar-refractivity contribution is 7.99. The summed E-state index contributed by atoms with van der Waals surface area (Å²) < 4.78 is 41.2. The molecule has 0 radical (unpaired) electrons. The van der Waals surface area contributed by atoms with Gasteiger partial charge in [-0.15, -0.1) is 11.8 Å². The highest BCUT2D eigenvalue weighted by Crippen LogP contribution is 2.77. The van der Waals surface area contributed by atoms with Crippen molar-refractivity contribution in [3.63, 3.8) is 0 Å². The Labute approximate surface area is 529 Å². The number of sulfonamides is 1. The fourth-order valence-corrected chi connectivity index (χ4v) is 16.5. The standard InChI is InChI=1S/C68H88N10O9S2/c1-47-40-54(89(84,85)73-61(79)49-15-17-52(18-16-49)76-32-30-75(31-33-76)42-50-22-24-66(3,4)41-56(50)68-44-67(5,45-68)46-68)19-20-57(47)72-51(43-88-53-10-7-6-8-11-53)23-27-74-28-34-77(35-29-74)65(83)70-26-37-87-39-38-86-36-25-69-58-13-9-12-55-60(58)64(82)78(63(55)81)59-21-14-48(2)71-62(59)80/h6-13,15-20,40,51,59,69,72H,2,14,21-39,41-46H2,1,3-5H3,(H,70,83)(H,71,80)(H,73,79)/t51-,59?,67?,68?/m1/s1. The van der Waals surface area contributed by atoms with E-state index >= 15 is 0 Å². The molecule has 4 heterocycles. The third kappa shape index (κ3) is 15.0. The molecule has 6 amide bonds. The SMILES string of the molecule is C=C1CCC(N2C(=O)c3cccc(NCCOCCOCCNC(=O)N4CCN(CC[C@H](CSc5ccccc5)Nc5ccc(S(=O)(=O)NC(=O)c6ccc(N7CCN(CC8=C(C9%10CC(C)(C9)C%10)CC(C)(C)CC8)CC7)cc6)cc5C)CC4)c3C2=O)C(=O)N1. The number of urea groups is 1. The van der Waals surface area contributed by atoms with Crippen LogP contribution in [0.15, 0.2) is 124 Å². The first kappa shape index (κ1) is 63.8. The van der Waals surface area contributed by atoms with Crippen LogP contribution in [0.3, 0.4) is 0 Å². The molecule has 4 aliphatic carbocycles. The normalized spacial score (nSPS) is 23.1. The van der Waals surface area contributed by atoms with E-state index in [4.69, 9.17) is 9.47 Å². The summed E-state index contributed by atoms with van der Waals surface area (Å²) in [5.41, 5.74) is 9.45. The van der Waals surface area contributed by atoms with Crippen molar-refractivity contribution in [1.29, 1.82) is 0 Å². The van der Waals surface area contributed by atoms with Gasteiger partial charge in [0.25, 0.3) is 27.7 Å². The number of fused-ring (bicyclic) bond motifs is 1. The van der Waals surface area contributed by atoms with Gasteiger partial charge in [-0.2, -0.15) is 0 Å². The van der Waals surface area contributed by atoms with Gasteiger partial charge in [0.05, 0.1) is 42.4 Å². The summed E-state index contributed by atoms with van der Waals surface area (Å²) in [6.07, 6.45) is 9.51. The Kier molecular flexibility index (Phi) is 19.6. The lowest BCUT2D eigenvalue weighted by molar-refractivity contribution is -0.167. The van der Waals surface area contributed by atoms with E-state index in [0.29, 0.717) is 93.1 Å². The fourth-order valence-electron chi connectivity index (χ4n) is 14.5. The average molecular weight is 1250 g/mol. The Balaban J connectivity index is 0.580. The van der Waals surface area contributed by atoms with Crippen LogP contribution < -0.4 is 30.9 Å². The summed E-state index contributed by atoms with van der Waals surface area (Å²) >= 11 is 1.76. The van der Waals surface area contributed by atoms with E-state index in [9.17, 15) is 32.4 Å². The molecular weight excluding hydrogens is 1160 g/mol. The predicted octanol–water partition coefficient (Wildman–Crippen LogP) is 8.76. The van der Waals surface area contributed by atoms with Crippen molar-refractivity contribution >= 4 is 68.5 Å². The number of allylic oxidation sites excluding steroid dienone is 2. The van der Waals surface area contributed by atoms with Crippen molar-refractivity contribution in [2.24, 2.45) is 16.2 Å². The van der Waals surface area contributed by atoms with Crippen LogP contribution in [-0.4, -0.2) is 180 Å². The van der Waals surface area contributed by atoms with Crippen LogP contribution in [0.4, 0.5) is 21.9 Å². The number of hydrogen-bond acceptors (Lipinski definition) is 15. The minimum Gasteiger partial charge on any atom is -0.382 e. The molecule has 3 saturated heterocycles. The molecule has 2 atom stereocenters. The number of amides is 6. The summed E-state index contributed by atoms with van der Waals surface area (Å²) in [5.74, 6) is -1.30. The molecule has 476 valence electrons. The first-order valence-electron chi connectivity index (χ1n) is 31.8. The molecule has 21 heteroatoms. The number of hydrogen-bond donors (Lipinski definition) is 5. The minimum absolute atomic E-state index is 0.0158. The highest BCUT2D eigenvalue weighted by Gasteiger charge is 2.67. The molecule has 1 unspecified atom stereocenters. The predicted molar refractivity (Wildman–Crippen MR) is 348 cm³/mol. The molecule has 3 saturated carbocycles. The summed E-state index contributed by atoms with van der Waals surface area (Å²) in [6, 6.07) is 26.5. The van der Waals surface area contributed by atoms with Crippen molar-refractivity contribution in [2.75, 3.05) is 126 Å². The second-order valence-electron chi connectivity index (χ2n) is 26.6. The summed E-state index contributed by atoms with van der Waals surface area (Å²) in [6.45, 7) is 23.3. The molecule has 12 rings (SSSR count). The number of nitrogens with one attached hydrogen (secondary N) is 5. The van der Waals surface area contributed by atoms with Gasteiger partial charge in [0, 0.05) is 124 Å². The molecule has 0 spiro atoms. The summed E-state index contributed by atoms with van der Waals surface area (Å²) in [4.78, 5) is 77.2. The second-order valence-corrected chi connectivity index (χ2v) is 29.4. The molecule has 5 N–H and O–H groups in total. The van der Waals surface area contributed by atoms with Gasteiger partial charge in [-0.05, 0) is 153 Å². The van der Waals surface area contributed by atoms with E-state index in [1.165, 1.54) is 38.5 Å². The van der Waals surface area contributed by atoms with Crippen molar-refractivity contribution < 1.29 is 41.9 Å². The molecule has 4 aliphatic heterocycles. The fraction of sp³-hybridized carbons (Fsp3) is 0.515. The Bertz CT molecular complexity index is 3420. The molecule has 2 bridgehead atoms.